The Morgan fingerprint density at radius 2 is 2.08 bits per heavy atom. The summed E-state index contributed by atoms with van der Waals surface area (Å²) in [6.07, 6.45) is 0.741. The predicted octanol–water partition coefficient (Wildman–Crippen LogP) is 1.74. The van der Waals surface area contributed by atoms with Crippen molar-refractivity contribution in [3.8, 4) is 11.5 Å². The summed E-state index contributed by atoms with van der Waals surface area (Å²) in [5, 5.41) is 2.80. The molecule has 2 aromatic rings. The smallest absolute Gasteiger partial charge is 0.226 e. The number of oxazole rings is 1. The molecule has 0 saturated carbocycles. The summed E-state index contributed by atoms with van der Waals surface area (Å²) >= 11 is 0. The van der Waals surface area contributed by atoms with E-state index >= 15 is 0 Å². The van der Waals surface area contributed by atoms with Gasteiger partial charge in [-0.3, -0.25) is 4.79 Å². The fraction of sp³-hybridized carbons (Fsp3) is 0.412. The number of nitrogens with one attached hydrogen (secondary N) is 1. The molecule has 0 aliphatic carbocycles. The van der Waals surface area contributed by atoms with Crippen LogP contribution in [0.25, 0.3) is 11.5 Å². The van der Waals surface area contributed by atoms with Crippen molar-refractivity contribution in [3.63, 3.8) is 0 Å². The van der Waals surface area contributed by atoms with Gasteiger partial charge in [-0.05, 0) is 31.4 Å². The average Bonchev–Trinajstić information content (AvgIpc) is 3.09. The van der Waals surface area contributed by atoms with Gasteiger partial charge in [0.2, 0.25) is 11.8 Å². The number of benzene rings is 1. The Kier molecular flexibility index (Phi) is 4.71. The Balaban J connectivity index is 1.58. The van der Waals surface area contributed by atoms with Gasteiger partial charge in [0.25, 0.3) is 0 Å². The predicted molar refractivity (Wildman–Crippen MR) is 90.2 cm³/mol. The van der Waals surface area contributed by atoms with E-state index in [4.69, 9.17) is 4.42 Å². The molecule has 1 fully saturated rings. The van der Waals surface area contributed by atoms with E-state index in [1.165, 1.54) is 0 Å². The van der Waals surface area contributed by atoms with Crippen molar-refractivity contribution in [3.05, 3.63) is 41.8 Å². The van der Waals surface area contributed by atoms with E-state index in [0.717, 1.165) is 5.56 Å². The number of carbonyl (C=O) groups excluding carboxylic acids is 1. The molecule has 1 N–H and O–H groups in total. The molecule has 1 aromatic carbocycles. The highest BCUT2D eigenvalue weighted by atomic mass is 32.2. The Bertz CT molecular complexity index is 828. The minimum absolute atomic E-state index is 0.0113. The molecule has 2 heterocycles. The number of nitrogens with zero attached hydrogens (tertiary/aromatic N) is 1. The SMILES string of the molecule is Cc1oc(-c2ccccc2)nc1CC(=O)NC[C@H]1CCS(=O)(=O)C1. The summed E-state index contributed by atoms with van der Waals surface area (Å²) in [7, 11) is -2.91. The monoisotopic (exact) mass is 348 g/mol. The Labute approximate surface area is 141 Å². The first-order valence-electron chi connectivity index (χ1n) is 7.92. The van der Waals surface area contributed by atoms with Crippen molar-refractivity contribution in [1.82, 2.24) is 10.3 Å². The van der Waals surface area contributed by atoms with Crippen molar-refractivity contribution in [2.45, 2.75) is 19.8 Å². The first kappa shape index (κ1) is 16.7. The molecular weight excluding hydrogens is 328 g/mol. The van der Waals surface area contributed by atoms with Crippen LogP contribution < -0.4 is 5.32 Å². The first-order chi connectivity index (χ1) is 11.4. The number of rotatable bonds is 5. The van der Waals surface area contributed by atoms with Gasteiger partial charge >= 0.3 is 0 Å². The normalized spacial score (nSPS) is 19.3. The summed E-state index contributed by atoms with van der Waals surface area (Å²) in [6.45, 7) is 2.17. The maximum atomic E-state index is 12.1. The van der Waals surface area contributed by atoms with Gasteiger partial charge in [-0.15, -0.1) is 0 Å². The highest BCUT2D eigenvalue weighted by molar-refractivity contribution is 7.91. The third-order valence-corrected chi connectivity index (χ3v) is 5.99. The maximum Gasteiger partial charge on any atom is 0.226 e. The van der Waals surface area contributed by atoms with Crippen molar-refractivity contribution >= 4 is 15.7 Å². The van der Waals surface area contributed by atoms with Gasteiger partial charge in [0.1, 0.15) is 5.76 Å². The maximum absolute atomic E-state index is 12.1. The van der Waals surface area contributed by atoms with Gasteiger partial charge < -0.3 is 9.73 Å². The molecule has 0 radical (unpaired) electrons. The quantitative estimate of drug-likeness (QED) is 0.889. The molecule has 1 atom stereocenters. The van der Waals surface area contributed by atoms with E-state index < -0.39 is 9.84 Å². The fourth-order valence-corrected chi connectivity index (χ4v) is 4.66. The third-order valence-electron chi connectivity index (χ3n) is 4.16. The zero-order valence-electron chi connectivity index (χ0n) is 13.5. The van der Waals surface area contributed by atoms with Gasteiger partial charge in [0.15, 0.2) is 9.84 Å². The van der Waals surface area contributed by atoms with Crippen LogP contribution in [-0.2, 0) is 21.1 Å². The number of carbonyl (C=O) groups is 1. The summed E-state index contributed by atoms with van der Waals surface area (Å²) in [5.41, 5.74) is 1.47. The second-order valence-corrected chi connectivity index (χ2v) is 8.37. The number of aryl methyl sites for hydroxylation is 1. The minimum Gasteiger partial charge on any atom is -0.441 e. The fourth-order valence-electron chi connectivity index (χ4n) is 2.80. The third kappa shape index (κ3) is 4.03. The van der Waals surface area contributed by atoms with Crippen LogP contribution >= 0.6 is 0 Å². The van der Waals surface area contributed by atoms with Crippen LogP contribution in [0.4, 0.5) is 0 Å². The van der Waals surface area contributed by atoms with Crippen LogP contribution in [0.3, 0.4) is 0 Å². The van der Waals surface area contributed by atoms with Crippen LogP contribution in [0.15, 0.2) is 34.7 Å². The summed E-state index contributed by atoms with van der Waals surface area (Å²) in [4.78, 5) is 16.5. The van der Waals surface area contributed by atoms with E-state index in [-0.39, 0.29) is 29.8 Å². The second kappa shape index (κ2) is 6.76. The standard InChI is InChI=1S/C17H20N2O4S/c1-12-15(19-17(23-12)14-5-3-2-4-6-14)9-16(20)18-10-13-7-8-24(21,22)11-13/h2-6,13H,7-11H2,1H3,(H,18,20)/t13-/m1/s1. The Hall–Kier alpha value is -2.15. The molecule has 128 valence electrons. The molecule has 0 unspecified atom stereocenters. The number of sulfone groups is 1. The second-order valence-electron chi connectivity index (χ2n) is 6.14. The number of hydrogen-bond acceptors (Lipinski definition) is 5. The lowest BCUT2D eigenvalue weighted by molar-refractivity contribution is -0.120. The molecule has 1 amide bonds. The van der Waals surface area contributed by atoms with Gasteiger partial charge in [0.05, 0.1) is 23.6 Å². The van der Waals surface area contributed by atoms with Crippen LogP contribution in [0, 0.1) is 12.8 Å². The molecular formula is C17H20N2O4S. The minimum atomic E-state index is -2.91. The first-order valence-corrected chi connectivity index (χ1v) is 9.74. The Morgan fingerprint density at radius 1 is 1.33 bits per heavy atom. The summed E-state index contributed by atoms with van der Waals surface area (Å²) < 4.78 is 28.5. The van der Waals surface area contributed by atoms with E-state index in [1.54, 1.807) is 6.92 Å². The van der Waals surface area contributed by atoms with E-state index in [9.17, 15) is 13.2 Å². The van der Waals surface area contributed by atoms with Gasteiger partial charge in [-0.25, -0.2) is 13.4 Å². The molecule has 1 aliphatic heterocycles. The van der Waals surface area contributed by atoms with Crippen LogP contribution in [-0.4, -0.2) is 37.4 Å². The Morgan fingerprint density at radius 3 is 2.75 bits per heavy atom. The highest BCUT2D eigenvalue weighted by Gasteiger charge is 2.28. The number of aromatic nitrogens is 1. The van der Waals surface area contributed by atoms with E-state index in [0.29, 0.717) is 30.3 Å². The van der Waals surface area contributed by atoms with Gasteiger partial charge in [0, 0.05) is 12.1 Å². The lowest BCUT2D eigenvalue weighted by Crippen LogP contribution is -2.31. The van der Waals surface area contributed by atoms with Crippen LogP contribution in [0.2, 0.25) is 0 Å². The summed E-state index contributed by atoms with van der Waals surface area (Å²) in [6, 6.07) is 9.51. The molecule has 24 heavy (non-hydrogen) atoms. The van der Waals surface area contributed by atoms with Crippen molar-refractivity contribution < 1.29 is 17.6 Å². The zero-order chi connectivity index (χ0) is 17.2. The molecule has 0 spiro atoms. The van der Waals surface area contributed by atoms with E-state index in [2.05, 4.69) is 10.3 Å². The zero-order valence-corrected chi connectivity index (χ0v) is 14.3. The lowest BCUT2D eigenvalue weighted by Gasteiger charge is -2.08. The van der Waals surface area contributed by atoms with Gasteiger partial charge in [-0.2, -0.15) is 0 Å². The lowest BCUT2D eigenvalue weighted by atomic mass is 10.1. The molecule has 0 bridgehead atoms. The van der Waals surface area contributed by atoms with Crippen molar-refractivity contribution in [2.24, 2.45) is 5.92 Å². The van der Waals surface area contributed by atoms with Crippen molar-refractivity contribution in [2.75, 3.05) is 18.1 Å². The van der Waals surface area contributed by atoms with Crippen LogP contribution in [0.1, 0.15) is 17.9 Å². The van der Waals surface area contributed by atoms with Crippen molar-refractivity contribution in [1.29, 1.82) is 0 Å². The molecule has 7 heteroatoms. The summed E-state index contributed by atoms with van der Waals surface area (Å²) in [5.74, 6) is 1.34. The van der Waals surface area contributed by atoms with Gasteiger partial charge in [-0.1, -0.05) is 18.2 Å². The van der Waals surface area contributed by atoms with E-state index in [1.807, 2.05) is 30.3 Å². The highest BCUT2D eigenvalue weighted by Crippen LogP contribution is 2.22. The average molecular weight is 348 g/mol. The molecule has 3 rings (SSSR count). The molecule has 1 aliphatic rings. The van der Waals surface area contributed by atoms with Crippen LogP contribution in [0.5, 0.6) is 0 Å². The number of hydrogen-bond donors (Lipinski definition) is 1. The largest absolute Gasteiger partial charge is 0.441 e. The number of amides is 1. The topological polar surface area (TPSA) is 89.3 Å². The molecule has 1 aromatic heterocycles. The molecule has 6 nitrogen and oxygen atoms in total. The molecule has 1 saturated heterocycles.